The van der Waals surface area contributed by atoms with Crippen molar-refractivity contribution in [1.82, 2.24) is 9.97 Å². The van der Waals surface area contributed by atoms with E-state index in [9.17, 15) is 8.42 Å². The lowest BCUT2D eigenvalue weighted by atomic mass is 10.3. The van der Waals surface area contributed by atoms with Gasteiger partial charge in [-0.15, -0.1) is 0 Å². The van der Waals surface area contributed by atoms with Crippen LogP contribution in [0.15, 0.2) is 44.6 Å². The minimum Gasteiger partial charge on any atom is -0.398 e. The summed E-state index contributed by atoms with van der Waals surface area (Å²) >= 11 is 6.26. The molecule has 1 heterocycles. The number of para-hydroxylation sites is 1. The van der Waals surface area contributed by atoms with Gasteiger partial charge in [0.1, 0.15) is 9.50 Å². The van der Waals surface area contributed by atoms with Crippen LogP contribution in [0.3, 0.4) is 0 Å². The predicted molar refractivity (Wildman–Crippen MR) is 79.1 cm³/mol. The number of hydrogen-bond acceptors (Lipinski definition) is 5. The molecule has 0 aliphatic rings. The molecule has 0 fully saturated rings. The average Bonchev–Trinajstić information content (AvgIpc) is 2.33. The predicted octanol–water partition coefficient (Wildman–Crippen LogP) is 2.38. The molecule has 6 nitrogen and oxygen atoms in total. The van der Waals surface area contributed by atoms with Crippen molar-refractivity contribution in [3.63, 3.8) is 0 Å². The normalized spacial score (nSPS) is 11.3. The molecule has 0 amide bonds. The van der Waals surface area contributed by atoms with Gasteiger partial charge in [-0.2, -0.15) is 0 Å². The Morgan fingerprint density at radius 2 is 1.89 bits per heavy atom. The summed E-state index contributed by atoms with van der Waals surface area (Å²) in [6.45, 7) is 0. The number of nitrogens with two attached hydrogens (primary N) is 1. The van der Waals surface area contributed by atoms with Crippen LogP contribution in [0.5, 0.6) is 0 Å². The second-order valence-corrected chi connectivity index (χ2v) is 6.69. The van der Waals surface area contributed by atoms with Crippen LogP contribution in [-0.2, 0) is 10.0 Å². The molecule has 1 aromatic carbocycles. The largest absolute Gasteiger partial charge is 0.398 e. The zero-order chi connectivity index (χ0) is 14.0. The van der Waals surface area contributed by atoms with E-state index >= 15 is 0 Å². The lowest BCUT2D eigenvalue weighted by molar-refractivity contribution is 0.601. The second-order valence-electron chi connectivity index (χ2n) is 3.48. The highest BCUT2D eigenvalue weighted by Gasteiger charge is 2.19. The molecule has 0 aliphatic carbocycles. The quantitative estimate of drug-likeness (QED) is 0.761. The molecule has 0 bridgehead atoms. The van der Waals surface area contributed by atoms with Gasteiger partial charge < -0.3 is 5.73 Å². The van der Waals surface area contributed by atoms with E-state index in [0.717, 1.165) is 0 Å². The summed E-state index contributed by atoms with van der Waals surface area (Å²) in [6.07, 6.45) is 1.39. The Hall–Kier alpha value is -1.19. The van der Waals surface area contributed by atoms with Crippen LogP contribution in [0.4, 0.5) is 11.5 Å². The highest BCUT2D eigenvalue weighted by molar-refractivity contribution is 9.11. The highest BCUT2D eigenvalue weighted by Crippen LogP contribution is 2.24. The SMILES string of the molecule is Nc1ccccc1S(=O)(=O)Nc1ncc(Br)nc1Br. The molecular weight excluding hydrogens is 400 g/mol. The molecule has 0 aliphatic heterocycles. The fraction of sp³-hybridized carbons (Fsp3) is 0. The number of aromatic nitrogens is 2. The molecule has 100 valence electrons. The number of nitrogens with zero attached hydrogens (tertiary/aromatic N) is 2. The van der Waals surface area contributed by atoms with Crippen molar-refractivity contribution in [3.05, 3.63) is 39.7 Å². The molecule has 3 N–H and O–H groups in total. The molecule has 2 aromatic rings. The lowest BCUT2D eigenvalue weighted by Gasteiger charge is -2.10. The van der Waals surface area contributed by atoms with E-state index in [1.165, 1.54) is 18.3 Å². The molecule has 0 radical (unpaired) electrons. The number of halogens is 2. The summed E-state index contributed by atoms with van der Waals surface area (Å²) in [5.74, 6) is 0.0893. The molecule has 0 saturated heterocycles. The fourth-order valence-corrected chi connectivity index (χ4v) is 3.51. The number of nitrogen functional groups attached to an aromatic ring is 1. The van der Waals surface area contributed by atoms with Gasteiger partial charge in [0, 0.05) is 0 Å². The number of sulfonamides is 1. The summed E-state index contributed by atoms with van der Waals surface area (Å²) in [5.41, 5.74) is 5.81. The Morgan fingerprint density at radius 1 is 1.21 bits per heavy atom. The van der Waals surface area contributed by atoms with Crippen molar-refractivity contribution < 1.29 is 8.42 Å². The summed E-state index contributed by atoms with van der Waals surface area (Å²) in [4.78, 5) is 7.91. The zero-order valence-electron chi connectivity index (χ0n) is 9.34. The third-order valence-corrected chi connectivity index (χ3v) is 4.49. The van der Waals surface area contributed by atoms with Crippen molar-refractivity contribution in [1.29, 1.82) is 0 Å². The summed E-state index contributed by atoms with van der Waals surface area (Å²) in [6, 6.07) is 6.17. The van der Waals surface area contributed by atoms with E-state index < -0.39 is 10.0 Å². The first kappa shape index (κ1) is 14.2. The summed E-state index contributed by atoms with van der Waals surface area (Å²) in [7, 11) is -3.80. The maximum Gasteiger partial charge on any atom is 0.265 e. The Kier molecular flexibility index (Phi) is 4.07. The Labute approximate surface area is 126 Å². The molecule has 0 unspecified atom stereocenters. The van der Waals surface area contributed by atoms with Crippen molar-refractivity contribution in [2.75, 3.05) is 10.5 Å². The van der Waals surface area contributed by atoms with Crippen LogP contribution in [0.1, 0.15) is 0 Å². The van der Waals surface area contributed by atoms with Gasteiger partial charge in [0.15, 0.2) is 10.4 Å². The lowest BCUT2D eigenvalue weighted by Crippen LogP contribution is -2.16. The molecule has 0 spiro atoms. The van der Waals surface area contributed by atoms with E-state index in [1.54, 1.807) is 12.1 Å². The first-order valence-corrected chi connectivity index (χ1v) is 8.02. The fourth-order valence-electron chi connectivity index (χ4n) is 1.32. The van der Waals surface area contributed by atoms with E-state index in [2.05, 4.69) is 46.5 Å². The van der Waals surface area contributed by atoms with Crippen LogP contribution in [-0.4, -0.2) is 18.4 Å². The zero-order valence-corrected chi connectivity index (χ0v) is 13.3. The molecule has 1 aromatic heterocycles. The average molecular weight is 408 g/mol. The van der Waals surface area contributed by atoms with Gasteiger partial charge in [-0.25, -0.2) is 18.4 Å². The van der Waals surface area contributed by atoms with Crippen molar-refractivity contribution >= 4 is 53.4 Å². The van der Waals surface area contributed by atoms with E-state index in [1.807, 2.05) is 0 Å². The standard InChI is InChI=1S/C10H8Br2N4O2S/c11-8-5-14-10(9(12)15-8)16-19(17,18)7-4-2-1-3-6(7)13/h1-5H,13H2,(H,14,16). The Balaban J connectivity index is 2.40. The van der Waals surface area contributed by atoms with Gasteiger partial charge in [0.05, 0.1) is 11.9 Å². The van der Waals surface area contributed by atoms with Crippen LogP contribution in [0.2, 0.25) is 0 Å². The van der Waals surface area contributed by atoms with Crippen LogP contribution in [0, 0.1) is 0 Å². The monoisotopic (exact) mass is 406 g/mol. The van der Waals surface area contributed by atoms with Crippen molar-refractivity contribution in [3.8, 4) is 0 Å². The molecule has 9 heteroatoms. The van der Waals surface area contributed by atoms with Gasteiger partial charge in [-0.1, -0.05) is 12.1 Å². The van der Waals surface area contributed by atoms with E-state index in [-0.39, 0.29) is 21.0 Å². The third kappa shape index (κ3) is 3.23. The van der Waals surface area contributed by atoms with Gasteiger partial charge in [-0.3, -0.25) is 4.72 Å². The molecular formula is C10H8Br2N4O2S. The topological polar surface area (TPSA) is 98.0 Å². The Bertz CT molecular complexity index is 721. The first-order chi connectivity index (χ1) is 8.90. The molecule has 19 heavy (non-hydrogen) atoms. The van der Waals surface area contributed by atoms with Gasteiger partial charge in [0.25, 0.3) is 10.0 Å². The Morgan fingerprint density at radius 3 is 2.53 bits per heavy atom. The van der Waals surface area contributed by atoms with E-state index in [4.69, 9.17) is 5.73 Å². The maximum absolute atomic E-state index is 12.2. The maximum atomic E-state index is 12.2. The summed E-state index contributed by atoms with van der Waals surface area (Å²) < 4.78 is 27.4. The molecule has 0 atom stereocenters. The number of hydrogen-bond donors (Lipinski definition) is 2. The number of nitrogens with one attached hydrogen (secondary N) is 1. The van der Waals surface area contributed by atoms with E-state index in [0.29, 0.717) is 4.60 Å². The minimum atomic E-state index is -3.80. The molecule has 0 saturated carbocycles. The van der Waals surface area contributed by atoms with Crippen LogP contribution >= 0.6 is 31.9 Å². The van der Waals surface area contributed by atoms with Gasteiger partial charge in [-0.05, 0) is 44.0 Å². The number of benzene rings is 1. The summed E-state index contributed by atoms with van der Waals surface area (Å²) in [5, 5.41) is 0. The smallest absolute Gasteiger partial charge is 0.265 e. The third-order valence-electron chi connectivity index (χ3n) is 2.14. The van der Waals surface area contributed by atoms with Gasteiger partial charge in [0.2, 0.25) is 0 Å². The number of anilines is 2. The highest BCUT2D eigenvalue weighted by atomic mass is 79.9. The first-order valence-electron chi connectivity index (χ1n) is 4.95. The minimum absolute atomic E-state index is 0.00776. The van der Waals surface area contributed by atoms with Crippen molar-refractivity contribution in [2.45, 2.75) is 4.90 Å². The second kappa shape index (κ2) is 5.43. The van der Waals surface area contributed by atoms with Crippen LogP contribution in [0.25, 0.3) is 0 Å². The van der Waals surface area contributed by atoms with Crippen LogP contribution < -0.4 is 10.5 Å². The molecule has 2 rings (SSSR count). The number of rotatable bonds is 3. The van der Waals surface area contributed by atoms with Gasteiger partial charge >= 0.3 is 0 Å². The van der Waals surface area contributed by atoms with Crippen molar-refractivity contribution in [2.24, 2.45) is 0 Å².